The third-order valence-corrected chi connectivity index (χ3v) is 6.60. The van der Waals surface area contributed by atoms with Crippen molar-refractivity contribution in [1.82, 2.24) is 10.2 Å². The number of hydrogen-bond donors (Lipinski definition) is 1. The summed E-state index contributed by atoms with van der Waals surface area (Å²) in [6, 6.07) is 10.6. The third kappa shape index (κ3) is 4.64. The summed E-state index contributed by atoms with van der Waals surface area (Å²) in [5.74, 6) is 0.119. The minimum Gasteiger partial charge on any atom is -0.465 e. The number of amides is 1. The number of likely N-dealkylation sites (tertiary alicyclic amines) is 1. The monoisotopic (exact) mass is 422 g/mol. The zero-order chi connectivity index (χ0) is 21.8. The smallest absolute Gasteiger partial charge is 0.323 e. The molecule has 2 fully saturated rings. The second-order valence-corrected chi connectivity index (χ2v) is 8.64. The van der Waals surface area contributed by atoms with Crippen LogP contribution in [0.15, 0.2) is 36.4 Å². The molecule has 0 bridgehead atoms. The van der Waals surface area contributed by atoms with Crippen molar-refractivity contribution in [3.63, 3.8) is 0 Å². The van der Waals surface area contributed by atoms with Gasteiger partial charge >= 0.3 is 5.97 Å². The molecule has 1 aliphatic carbocycles. The summed E-state index contributed by atoms with van der Waals surface area (Å²) in [5.41, 5.74) is 0.772. The van der Waals surface area contributed by atoms with Crippen LogP contribution in [0.3, 0.4) is 0 Å². The van der Waals surface area contributed by atoms with E-state index in [9.17, 15) is 14.4 Å². The van der Waals surface area contributed by atoms with Crippen LogP contribution in [0, 0.1) is 5.92 Å². The number of carbonyl (C=O) groups is 3. The number of ether oxygens (including phenoxy) is 1. The number of hydrogen-bond acceptors (Lipinski definition) is 5. The number of nitrogens with one attached hydrogen (secondary N) is 1. The summed E-state index contributed by atoms with van der Waals surface area (Å²) >= 11 is 0. The van der Waals surface area contributed by atoms with Crippen LogP contribution in [0.2, 0.25) is 0 Å². The Balaban J connectivity index is 1.50. The van der Waals surface area contributed by atoms with Crippen molar-refractivity contribution in [1.29, 1.82) is 0 Å². The van der Waals surface area contributed by atoms with Crippen molar-refractivity contribution in [2.24, 2.45) is 5.92 Å². The minimum atomic E-state index is -0.326. The minimum absolute atomic E-state index is 0.158. The fraction of sp³-hybridized carbons (Fsp3) is 0.480. The van der Waals surface area contributed by atoms with Crippen LogP contribution in [0.25, 0.3) is 10.8 Å². The zero-order valence-corrected chi connectivity index (χ0v) is 18.0. The number of benzene rings is 2. The zero-order valence-electron chi connectivity index (χ0n) is 18.0. The lowest BCUT2D eigenvalue weighted by Crippen LogP contribution is -2.40. The van der Waals surface area contributed by atoms with Crippen molar-refractivity contribution in [2.75, 3.05) is 19.7 Å². The molecule has 1 N–H and O–H groups in total. The summed E-state index contributed by atoms with van der Waals surface area (Å²) in [5, 5.41) is 4.76. The second kappa shape index (κ2) is 9.60. The summed E-state index contributed by atoms with van der Waals surface area (Å²) in [7, 11) is 0. The Labute approximate surface area is 182 Å². The number of esters is 1. The fourth-order valence-electron chi connectivity index (χ4n) is 5.10. The van der Waals surface area contributed by atoms with E-state index in [1.54, 1.807) is 6.07 Å². The van der Waals surface area contributed by atoms with E-state index in [1.165, 1.54) is 25.7 Å². The number of aldehydes is 1. The summed E-state index contributed by atoms with van der Waals surface area (Å²) in [6.45, 7) is 3.65. The molecule has 0 aromatic heterocycles. The Hall–Kier alpha value is -2.73. The molecule has 1 amide bonds. The van der Waals surface area contributed by atoms with Crippen LogP contribution < -0.4 is 5.32 Å². The number of nitrogens with zero attached hydrogens (tertiary/aromatic N) is 1. The van der Waals surface area contributed by atoms with Crippen LogP contribution in [0.5, 0.6) is 0 Å². The standard InChI is InChI=1S/C25H30N2O4/c1-2-31-25(30)23-13-19(15-27(23)14-17-7-3-4-8-17)26-24(29)21-12-11-18-9-5-6-10-20(18)22(21)16-28/h5-6,9-12,16-17,19,23H,2-4,7-8,13-15H2,1H3,(H,26,29). The topological polar surface area (TPSA) is 75.7 Å². The van der Waals surface area contributed by atoms with Crippen LogP contribution in [0.1, 0.15) is 59.7 Å². The van der Waals surface area contributed by atoms with Gasteiger partial charge in [-0.3, -0.25) is 19.3 Å². The summed E-state index contributed by atoms with van der Waals surface area (Å²) in [6.07, 6.45) is 6.17. The van der Waals surface area contributed by atoms with Gasteiger partial charge in [0.2, 0.25) is 0 Å². The van der Waals surface area contributed by atoms with Crippen LogP contribution in [-0.2, 0) is 9.53 Å². The summed E-state index contributed by atoms with van der Waals surface area (Å²) in [4.78, 5) is 39.6. The summed E-state index contributed by atoms with van der Waals surface area (Å²) < 4.78 is 5.30. The molecule has 1 heterocycles. The third-order valence-electron chi connectivity index (χ3n) is 6.60. The van der Waals surface area contributed by atoms with Gasteiger partial charge in [-0.2, -0.15) is 0 Å². The first-order chi connectivity index (χ1) is 15.1. The molecule has 2 atom stereocenters. The SMILES string of the molecule is CCOC(=O)C1CC(NC(=O)c2ccc3ccccc3c2C=O)CN1CC1CCCC1. The average molecular weight is 423 g/mol. The molecule has 164 valence electrons. The van der Waals surface area contributed by atoms with Crippen LogP contribution in [-0.4, -0.2) is 54.8 Å². The van der Waals surface area contributed by atoms with E-state index in [4.69, 9.17) is 4.74 Å². The molecule has 1 aliphatic heterocycles. The Bertz CT molecular complexity index is 967. The van der Waals surface area contributed by atoms with Gasteiger partial charge in [-0.1, -0.05) is 43.2 Å². The lowest BCUT2D eigenvalue weighted by atomic mass is 9.99. The van der Waals surface area contributed by atoms with Gasteiger partial charge in [0.15, 0.2) is 6.29 Å². The van der Waals surface area contributed by atoms with Gasteiger partial charge in [-0.15, -0.1) is 0 Å². The maximum Gasteiger partial charge on any atom is 0.323 e. The predicted octanol–water partition coefficient (Wildman–Crippen LogP) is 3.58. The molecule has 1 saturated carbocycles. The Morgan fingerprint density at radius 2 is 1.94 bits per heavy atom. The van der Waals surface area contributed by atoms with Crippen molar-refractivity contribution in [2.45, 2.75) is 51.1 Å². The van der Waals surface area contributed by atoms with Gasteiger partial charge in [0.1, 0.15) is 6.04 Å². The highest BCUT2D eigenvalue weighted by molar-refractivity contribution is 6.09. The second-order valence-electron chi connectivity index (χ2n) is 8.64. The molecule has 31 heavy (non-hydrogen) atoms. The van der Waals surface area contributed by atoms with Crippen LogP contribution in [0.4, 0.5) is 0 Å². The number of fused-ring (bicyclic) bond motifs is 1. The average Bonchev–Trinajstić information content (AvgIpc) is 3.43. The number of rotatable bonds is 7. The van der Waals surface area contributed by atoms with E-state index in [2.05, 4.69) is 10.2 Å². The molecule has 2 aromatic carbocycles. The molecule has 2 aromatic rings. The normalized spacial score (nSPS) is 22.0. The highest BCUT2D eigenvalue weighted by atomic mass is 16.5. The molecular weight excluding hydrogens is 392 g/mol. The van der Waals surface area contributed by atoms with Gasteiger partial charge in [0.05, 0.1) is 12.2 Å². The maximum atomic E-state index is 13.1. The highest BCUT2D eigenvalue weighted by Gasteiger charge is 2.39. The lowest BCUT2D eigenvalue weighted by molar-refractivity contribution is -0.148. The first-order valence-electron chi connectivity index (χ1n) is 11.3. The Kier molecular flexibility index (Phi) is 6.66. The van der Waals surface area contributed by atoms with Gasteiger partial charge in [0, 0.05) is 24.7 Å². The molecule has 1 saturated heterocycles. The van der Waals surface area contributed by atoms with Crippen molar-refractivity contribution in [3.8, 4) is 0 Å². The lowest BCUT2D eigenvalue weighted by Gasteiger charge is -2.25. The van der Waals surface area contributed by atoms with E-state index >= 15 is 0 Å². The highest BCUT2D eigenvalue weighted by Crippen LogP contribution is 2.29. The molecular formula is C25H30N2O4. The molecule has 6 nitrogen and oxygen atoms in total. The molecule has 2 aliphatic rings. The molecule has 0 spiro atoms. The molecule has 0 radical (unpaired) electrons. The van der Waals surface area contributed by atoms with Gasteiger partial charge in [-0.05, 0) is 48.9 Å². The fourth-order valence-corrected chi connectivity index (χ4v) is 5.10. The van der Waals surface area contributed by atoms with E-state index in [-0.39, 0.29) is 24.0 Å². The Morgan fingerprint density at radius 3 is 2.68 bits per heavy atom. The van der Waals surface area contributed by atoms with Gasteiger partial charge in [0.25, 0.3) is 5.91 Å². The van der Waals surface area contributed by atoms with Crippen molar-refractivity contribution in [3.05, 3.63) is 47.5 Å². The van der Waals surface area contributed by atoms with Gasteiger partial charge in [-0.25, -0.2) is 0 Å². The molecule has 4 rings (SSSR count). The Morgan fingerprint density at radius 1 is 1.16 bits per heavy atom. The van der Waals surface area contributed by atoms with Crippen LogP contribution >= 0.6 is 0 Å². The van der Waals surface area contributed by atoms with Crippen molar-refractivity contribution >= 4 is 28.9 Å². The largest absolute Gasteiger partial charge is 0.465 e. The van der Waals surface area contributed by atoms with E-state index in [0.29, 0.717) is 36.6 Å². The predicted molar refractivity (Wildman–Crippen MR) is 119 cm³/mol. The molecule has 6 heteroatoms. The first-order valence-corrected chi connectivity index (χ1v) is 11.3. The first kappa shape index (κ1) is 21.5. The number of carbonyl (C=O) groups excluding carboxylic acids is 3. The van der Waals surface area contributed by atoms with E-state index < -0.39 is 0 Å². The van der Waals surface area contributed by atoms with E-state index in [0.717, 1.165) is 23.6 Å². The van der Waals surface area contributed by atoms with E-state index in [1.807, 2.05) is 37.3 Å². The quantitative estimate of drug-likeness (QED) is 0.545. The van der Waals surface area contributed by atoms with Crippen molar-refractivity contribution < 1.29 is 19.1 Å². The molecule has 2 unspecified atom stereocenters. The maximum absolute atomic E-state index is 13.1. The van der Waals surface area contributed by atoms with Gasteiger partial charge < -0.3 is 10.1 Å².